The zero-order valence-corrected chi connectivity index (χ0v) is 84.5. The number of anilines is 3. The van der Waals surface area contributed by atoms with Crippen LogP contribution in [0, 0.1) is 29.1 Å². The number of benzene rings is 3. The van der Waals surface area contributed by atoms with Crippen molar-refractivity contribution in [2.75, 3.05) is 207 Å². The van der Waals surface area contributed by atoms with Crippen LogP contribution in [0.3, 0.4) is 0 Å². The molecule has 40 nitrogen and oxygen atoms in total. The first kappa shape index (κ1) is 112. The number of hydrogen-bond acceptors (Lipinski definition) is 30. The number of fused-ring (bicyclic) bond motifs is 2. The van der Waals surface area contributed by atoms with Gasteiger partial charge in [-0.25, -0.2) is 19.6 Å². The van der Waals surface area contributed by atoms with Crippen LogP contribution < -0.4 is 47.4 Å². The number of unbranched alkanes of at least 4 members (excludes halogenated alkanes) is 3. The summed E-state index contributed by atoms with van der Waals surface area (Å²) in [4.78, 5) is 158. The SMILES string of the molecule is COCCOCCOCCOCCOCCOCCOCCOCCOCCOCCOCCOCC(=O)NCCCC[C@@H](NC(=O)OCc1ccc(NC(=O)[C@H](C)NC(=O)[C@@H](NC(=O)CCCCCN2C(=O)C=CC2=O)C(C)C)cc1)C(=O)N[C@H](C)C(=O)NCCOC12CC3(C)CC(C)(CC(Cn4ncc(-c5ccc(N6CCc7cccc(C(=O)Nc8nc9ccccc9s8)c7C6)nc5C(=O)O)c4C)(C3)C1)C2. The fraction of sp³-hybridized carbons (Fsp3) is 0.608. The van der Waals surface area contributed by atoms with Crippen LogP contribution in [0.2, 0.25) is 0 Å². The van der Waals surface area contributed by atoms with E-state index in [1.807, 2.05) is 59.0 Å². The van der Waals surface area contributed by atoms with Gasteiger partial charge in [0.05, 0.1) is 174 Å². The third-order valence-corrected chi connectivity index (χ3v) is 26.5. The van der Waals surface area contributed by atoms with Crippen molar-refractivity contribution in [2.45, 2.75) is 188 Å². The Bertz CT molecular complexity index is 5100. The Hall–Kier alpha value is -10.9. The number of rotatable bonds is 69. The second-order valence-electron chi connectivity index (χ2n) is 37.9. The monoisotopic (exact) mass is 2010 g/mol. The lowest BCUT2D eigenvalue weighted by Gasteiger charge is -2.69. The largest absolute Gasteiger partial charge is 0.476 e. The Morgan fingerprint density at radius 3 is 1.72 bits per heavy atom. The Morgan fingerprint density at radius 1 is 0.538 bits per heavy atom. The molecular weight excluding hydrogens is 1870 g/mol. The molecule has 3 aromatic carbocycles. The van der Waals surface area contributed by atoms with E-state index in [1.54, 1.807) is 63.6 Å². The minimum absolute atomic E-state index is 0.0632. The van der Waals surface area contributed by atoms with Crippen molar-refractivity contribution in [1.82, 2.24) is 56.5 Å². The van der Waals surface area contributed by atoms with Gasteiger partial charge in [0.15, 0.2) is 10.8 Å². The molecule has 2 unspecified atom stereocenters. The number of thiazole rings is 1. The number of nitrogens with one attached hydrogen (secondary N) is 8. The lowest BCUT2D eigenvalue weighted by Crippen LogP contribution is -2.64. The molecule has 143 heavy (non-hydrogen) atoms. The number of hydrogen-bond donors (Lipinski definition) is 9. The molecule has 41 heteroatoms. The third kappa shape index (κ3) is 36.1. The number of carbonyl (C=O) groups excluding carboxylic acids is 10. The summed E-state index contributed by atoms with van der Waals surface area (Å²) in [6.45, 7) is 24.3. The van der Waals surface area contributed by atoms with Crippen molar-refractivity contribution in [3.8, 4) is 11.1 Å². The van der Waals surface area contributed by atoms with Gasteiger partial charge in [0.1, 0.15) is 43.2 Å². The van der Waals surface area contributed by atoms with Gasteiger partial charge in [-0.2, -0.15) is 5.10 Å². The summed E-state index contributed by atoms with van der Waals surface area (Å²) >= 11 is 1.40. The van der Waals surface area contributed by atoms with Gasteiger partial charge >= 0.3 is 12.1 Å². The van der Waals surface area contributed by atoms with Crippen LogP contribution in [0.4, 0.5) is 21.4 Å². The fourth-order valence-corrected chi connectivity index (χ4v) is 20.6. The first-order valence-corrected chi connectivity index (χ1v) is 50.4. The first-order valence-electron chi connectivity index (χ1n) is 49.6. The van der Waals surface area contributed by atoms with Crippen LogP contribution in [0.5, 0.6) is 0 Å². The molecule has 6 aromatic rings. The summed E-state index contributed by atoms with van der Waals surface area (Å²) in [5.41, 5.74) is 4.99. The second kappa shape index (κ2) is 57.7. The second-order valence-corrected chi connectivity index (χ2v) is 39.0. The molecule has 6 atom stereocenters. The highest BCUT2D eigenvalue weighted by molar-refractivity contribution is 7.22. The molecule has 4 fully saturated rings. The highest BCUT2D eigenvalue weighted by Gasteiger charge is 2.66. The molecule has 2 aliphatic heterocycles. The standard InChI is InChI=1S/C102H144N14O26S/c1-70(2)89(112-85(117)22-10-9-15-34-115-87(119)29-30-88(115)120)95(125)107-72(4)92(122)108-76-25-23-74(24-26-76)61-141-98(128)110-82(20-13-14-32-103-86(118)62-140-58-57-139-56-55-138-54-53-137-52-51-136-50-49-135-48-47-134-46-45-133-44-43-132-42-41-131-40-39-130-38-37-129-8)94(124)106-71(3)91(121)104-33-36-142-102-66-99(6)63-100(7,67-102)65-101(64-99,68-102)69-116-73(5)79(59-105-116)77-27-28-84(111-90(77)96(126)127)114-35-31-75-17-16-18-78(80(75)60-114)93(123)113-97-109-81-19-11-12-21-83(81)143-97/h11-12,16-19,21,23-30,59,70-72,82,89H,9-10,13-15,20,22,31-58,60-69H2,1-8H3,(H,103,118)(H,104,121)(H,106,124)(H,107,125)(H,108,122)(H,110,128)(H,112,117)(H,126,127)(H,109,113,123)/t71-,72+,82-,89+,99?,100?,101?,102?/m1/s1. The molecule has 0 spiro atoms. The summed E-state index contributed by atoms with van der Waals surface area (Å²) in [5, 5.41) is 38.7. The van der Waals surface area contributed by atoms with Crippen molar-refractivity contribution < 1.29 is 124 Å². The molecule has 12 rings (SSSR count). The van der Waals surface area contributed by atoms with E-state index in [0.29, 0.717) is 229 Å². The number of para-hydroxylation sites is 1. The van der Waals surface area contributed by atoms with E-state index in [4.69, 9.17) is 76.4 Å². The van der Waals surface area contributed by atoms with E-state index >= 15 is 0 Å². The molecule has 10 amide bonds. The smallest absolute Gasteiger partial charge is 0.408 e. The average molecular weight is 2010 g/mol. The molecule has 4 aliphatic carbocycles. The molecule has 9 N–H and O–H groups in total. The molecule has 0 saturated heterocycles. The van der Waals surface area contributed by atoms with E-state index in [0.717, 1.165) is 70.5 Å². The maximum Gasteiger partial charge on any atom is 0.408 e. The number of methoxy groups -OCH3 is 1. The van der Waals surface area contributed by atoms with Crippen LogP contribution in [0.25, 0.3) is 21.3 Å². The predicted octanol–water partition coefficient (Wildman–Crippen LogP) is 8.61. The van der Waals surface area contributed by atoms with Gasteiger partial charge in [-0.3, -0.25) is 58.0 Å². The minimum atomic E-state index is -1.19. The van der Waals surface area contributed by atoms with Gasteiger partial charge in [-0.05, 0) is 179 Å². The first-order chi connectivity index (χ1) is 69.0. The van der Waals surface area contributed by atoms with Gasteiger partial charge in [0, 0.05) is 93.0 Å². The highest BCUT2D eigenvalue weighted by atomic mass is 32.1. The number of pyridine rings is 1. The number of carbonyl (C=O) groups is 11. The molecule has 3 aromatic heterocycles. The van der Waals surface area contributed by atoms with Gasteiger partial charge in [0.2, 0.25) is 35.4 Å². The average Bonchev–Trinajstić information content (AvgIpc) is 1.23. The number of nitrogens with zero attached hydrogens (tertiary/aromatic N) is 6. The molecule has 784 valence electrons. The van der Waals surface area contributed by atoms with Gasteiger partial charge in [-0.15, -0.1) is 0 Å². The third-order valence-electron chi connectivity index (χ3n) is 25.6. The number of carboxylic acids is 1. The van der Waals surface area contributed by atoms with Crippen LogP contribution in [0.15, 0.2) is 97.2 Å². The van der Waals surface area contributed by atoms with Crippen LogP contribution >= 0.6 is 11.3 Å². The lowest BCUT2D eigenvalue weighted by atomic mass is 9.39. The van der Waals surface area contributed by atoms with Gasteiger partial charge in [-0.1, -0.05) is 81.9 Å². The number of carboxylic acid groups (broad SMARTS) is 1. The number of aromatic nitrogens is 4. The maximum atomic E-state index is 14.3. The zero-order chi connectivity index (χ0) is 102. The highest BCUT2D eigenvalue weighted by Crippen LogP contribution is 2.72. The number of amides is 10. The fourth-order valence-electron chi connectivity index (χ4n) is 19.7. The molecule has 4 saturated carbocycles. The summed E-state index contributed by atoms with van der Waals surface area (Å²) < 4.78 is 81.2. The number of alkyl carbamates (subject to hydrolysis) is 1. The van der Waals surface area contributed by atoms with Crippen LogP contribution in [0.1, 0.15) is 168 Å². The lowest BCUT2D eigenvalue weighted by molar-refractivity contribution is -0.247. The van der Waals surface area contributed by atoms with E-state index in [-0.39, 0.29) is 123 Å². The van der Waals surface area contributed by atoms with Crippen molar-refractivity contribution >= 4 is 103 Å². The van der Waals surface area contributed by atoms with Crippen LogP contribution in [-0.2, 0) is 131 Å². The quantitative estimate of drug-likeness (QED) is 0.0127. The van der Waals surface area contributed by atoms with Crippen molar-refractivity contribution in [3.05, 3.63) is 131 Å². The molecular formula is C102H144N14O26S. The zero-order valence-electron chi connectivity index (χ0n) is 83.7. The van der Waals surface area contributed by atoms with E-state index in [2.05, 4.69) is 61.4 Å². The maximum absolute atomic E-state index is 14.3. The Balaban J connectivity index is 0.592. The molecule has 6 aliphatic rings. The molecule has 4 bridgehead atoms. The molecule has 0 radical (unpaired) electrons. The van der Waals surface area contributed by atoms with E-state index in [9.17, 15) is 57.8 Å². The number of ether oxygens (including phenoxy) is 14. The normalized spacial score (nSPS) is 18.7. The minimum Gasteiger partial charge on any atom is -0.476 e. The van der Waals surface area contributed by atoms with E-state index < -0.39 is 65.5 Å². The Morgan fingerprint density at radius 2 is 1.13 bits per heavy atom. The molecule has 5 heterocycles. The van der Waals surface area contributed by atoms with Crippen molar-refractivity contribution in [3.63, 3.8) is 0 Å². The van der Waals surface area contributed by atoms with Crippen LogP contribution in [-0.4, -0.2) is 317 Å². The predicted molar refractivity (Wildman–Crippen MR) is 530 cm³/mol. The Labute approximate surface area is 839 Å². The number of aromatic carboxylic acids is 1. The summed E-state index contributed by atoms with van der Waals surface area (Å²) in [5.74, 6) is -5.02. The topological polar surface area (TPSA) is 484 Å². The summed E-state index contributed by atoms with van der Waals surface area (Å²) in [7, 11) is 1.63. The van der Waals surface area contributed by atoms with Crippen molar-refractivity contribution in [2.24, 2.45) is 22.2 Å². The summed E-state index contributed by atoms with van der Waals surface area (Å²) in [6, 6.07) is 19.2. The van der Waals surface area contributed by atoms with Gasteiger partial charge in [0.25, 0.3) is 17.7 Å². The van der Waals surface area contributed by atoms with Gasteiger partial charge < -0.3 is 114 Å². The summed E-state index contributed by atoms with van der Waals surface area (Å²) in [6.07, 6.45) is 11.7. The Kier molecular flexibility index (Phi) is 45.4. The van der Waals surface area contributed by atoms with Crippen molar-refractivity contribution in [1.29, 1.82) is 0 Å². The number of imide groups is 1. The van der Waals surface area contributed by atoms with E-state index in [1.165, 1.54) is 37.3 Å².